The van der Waals surface area contributed by atoms with E-state index < -0.39 is 11.4 Å². The van der Waals surface area contributed by atoms with Gasteiger partial charge in [0, 0.05) is 0 Å². The van der Waals surface area contributed by atoms with E-state index in [1.807, 2.05) is 0 Å². The number of hydrogen-bond acceptors (Lipinski definition) is 5. The first kappa shape index (κ1) is 12.5. The summed E-state index contributed by atoms with van der Waals surface area (Å²) in [6, 6.07) is 6.11. The lowest BCUT2D eigenvalue weighted by molar-refractivity contribution is 0.233. The predicted molar refractivity (Wildman–Crippen MR) is 62.2 cm³/mol. The summed E-state index contributed by atoms with van der Waals surface area (Å²) in [6.07, 6.45) is 0. The van der Waals surface area contributed by atoms with Gasteiger partial charge in [0.1, 0.15) is 0 Å². The monoisotopic (exact) mass is 251 g/mol. The summed E-state index contributed by atoms with van der Waals surface area (Å²) >= 11 is 0. The Morgan fingerprint density at radius 1 is 1.39 bits per heavy atom. The average Bonchev–Trinajstić information content (AvgIpc) is 2.76. The minimum absolute atomic E-state index is 0.00398. The number of nitrogens with zero attached hydrogens (tertiary/aromatic N) is 2. The van der Waals surface area contributed by atoms with E-state index in [2.05, 4.69) is 10.1 Å². The van der Waals surface area contributed by atoms with E-state index >= 15 is 0 Å². The fourth-order valence-corrected chi connectivity index (χ4v) is 1.28. The van der Waals surface area contributed by atoms with Crippen LogP contribution in [0.3, 0.4) is 0 Å². The van der Waals surface area contributed by atoms with E-state index in [9.17, 15) is 4.39 Å². The van der Waals surface area contributed by atoms with Gasteiger partial charge in [-0.05, 0) is 26.0 Å². The maximum Gasteiger partial charge on any atom is 0.264 e. The number of hydrogen-bond donors (Lipinski definition) is 1. The Morgan fingerprint density at radius 3 is 2.72 bits per heavy atom. The van der Waals surface area contributed by atoms with Crippen LogP contribution in [0.2, 0.25) is 0 Å². The molecular formula is C12H14FN3O2. The molecule has 96 valence electrons. The Labute approximate surface area is 104 Å². The van der Waals surface area contributed by atoms with Crippen LogP contribution in [0.1, 0.15) is 25.6 Å². The number of nitrogens with two attached hydrogens (primary N) is 1. The van der Waals surface area contributed by atoms with Crippen LogP contribution in [0.25, 0.3) is 0 Å². The van der Waals surface area contributed by atoms with Gasteiger partial charge in [-0.15, -0.1) is 0 Å². The number of para-hydroxylation sites is 1. The zero-order valence-electron chi connectivity index (χ0n) is 10.2. The van der Waals surface area contributed by atoms with Crippen molar-refractivity contribution in [3.05, 3.63) is 41.8 Å². The van der Waals surface area contributed by atoms with Crippen molar-refractivity contribution in [3.63, 3.8) is 0 Å². The molecule has 2 aromatic rings. The van der Waals surface area contributed by atoms with Gasteiger partial charge in [0.2, 0.25) is 0 Å². The zero-order valence-corrected chi connectivity index (χ0v) is 10.2. The summed E-state index contributed by atoms with van der Waals surface area (Å²) < 4.78 is 23.5. The van der Waals surface area contributed by atoms with Crippen LogP contribution in [0.5, 0.6) is 5.75 Å². The molecule has 1 aromatic carbocycles. The van der Waals surface area contributed by atoms with Crippen LogP contribution >= 0.6 is 0 Å². The summed E-state index contributed by atoms with van der Waals surface area (Å²) in [5, 5.41) is 3.74. The molecule has 2 N–H and O–H groups in total. The highest BCUT2D eigenvalue weighted by molar-refractivity contribution is 5.23. The fourth-order valence-electron chi connectivity index (χ4n) is 1.28. The first-order valence-corrected chi connectivity index (χ1v) is 5.46. The first-order chi connectivity index (χ1) is 8.47. The van der Waals surface area contributed by atoms with Crippen LogP contribution < -0.4 is 10.5 Å². The van der Waals surface area contributed by atoms with E-state index in [1.165, 1.54) is 12.1 Å². The van der Waals surface area contributed by atoms with E-state index in [0.29, 0.717) is 5.82 Å². The molecule has 0 unspecified atom stereocenters. The number of ether oxygens (including phenoxy) is 1. The van der Waals surface area contributed by atoms with Gasteiger partial charge in [0.05, 0.1) is 5.54 Å². The second kappa shape index (κ2) is 4.73. The zero-order chi connectivity index (χ0) is 13.2. The molecule has 0 atom stereocenters. The summed E-state index contributed by atoms with van der Waals surface area (Å²) in [6.45, 7) is 3.53. The van der Waals surface area contributed by atoms with E-state index in [1.54, 1.807) is 26.0 Å². The van der Waals surface area contributed by atoms with Crippen molar-refractivity contribution in [3.8, 4) is 5.75 Å². The summed E-state index contributed by atoms with van der Waals surface area (Å²) in [7, 11) is 0. The highest BCUT2D eigenvalue weighted by atomic mass is 19.1. The molecule has 18 heavy (non-hydrogen) atoms. The fraction of sp³-hybridized carbons (Fsp3) is 0.333. The molecule has 0 fully saturated rings. The van der Waals surface area contributed by atoms with Crippen LogP contribution in [0.15, 0.2) is 28.8 Å². The van der Waals surface area contributed by atoms with Gasteiger partial charge in [-0.1, -0.05) is 17.3 Å². The van der Waals surface area contributed by atoms with Crippen molar-refractivity contribution in [2.75, 3.05) is 0 Å². The minimum atomic E-state index is -0.681. The number of halogens is 1. The Hall–Kier alpha value is -1.95. The van der Waals surface area contributed by atoms with Crippen LogP contribution in [-0.4, -0.2) is 10.1 Å². The van der Waals surface area contributed by atoms with Gasteiger partial charge in [-0.2, -0.15) is 4.98 Å². The van der Waals surface area contributed by atoms with Crippen molar-refractivity contribution in [2.24, 2.45) is 5.73 Å². The maximum absolute atomic E-state index is 13.3. The molecular weight excluding hydrogens is 237 g/mol. The van der Waals surface area contributed by atoms with Crippen molar-refractivity contribution in [2.45, 2.75) is 26.0 Å². The van der Waals surface area contributed by atoms with Crippen molar-refractivity contribution in [1.82, 2.24) is 10.1 Å². The lowest BCUT2D eigenvalue weighted by Gasteiger charge is -2.11. The van der Waals surface area contributed by atoms with Gasteiger partial charge < -0.3 is 15.0 Å². The van der Waals surface area contributed by atoms with Gasteiger partial charge in [-0.3, -0.25) is 0 Å². The average molecular weight is 251 g/mol. The van der Waals surface area contributed by atoms with Crippen molar-refractivity contribution >= 4 is 0 Å². The van der Waals surface area contributed by atoms with Gasteiger partial charge in [0.15, 0.2) is 24.0 Å². The molecule has 0 saturated carbocycles. The molecule has 5 nitrogen and oxygen atoms in total. The Bertz CT molecular complexity index is 534. The molecule has 0 aliphatic heterocycles. The van der Waals surface area contributed by atoms with Gasteiger partial charge in [0.25, 0.3) is 5.89 Å². The molecule has 6 heteroatoms. The SMILES string of the molecule is CC(C)(N)c1noc(COc2ccccc2F)n1. The number of benzene rings is 1. The lowest BCUT2D eigenvalue weighted by Crippen LogP contribution is -2.30. The molecule has 0 radical (unpaired) electrons. The quantitative estimate of drug-likeness (QED) is 0.899. The van der Waals surface area contributed by atoms with Gasteiger partial charge in [-0.25, -0.2) is 4.39 Å². The second-order valence-electron chi connectivity index (χ2n) is 4.45. The third-order valence-electron chi connectivity index (χ3n) is 2.23. The summed E-state index contributed by atoms with van der Waals surface area (Å²) in [5.41, 5.74) is 5.13. The molecule has 0 amide bonds. The Balaban J connectivity index is 2.03. The van der Waals surface area contributed by atoms with E-state index in [4.69, 9.17) is 15.0 Å². The third kappa shape index (κ3) is 2.84. The van der Waals surface area contributed by atoms with Crippen molar-refractivity contribution in [1.29, 1.82) is 0 Å². The molecule has 0 spiro atoms. The Morgan fingerprint density at radius 2 is 2.11 bits per heavy atom. The minimum Gasteiger partial charge on any atom is -0.481 e. The normalized spacial score (nSPS) is 11.6. The number of rotatable bonds is 4. The second-order valence-corrected chi connectivity index (χ2v) is 4.45. The molecule has 1 aromatic heterocycles. The summed E-state index contributed by atoms with van der Waals surface area (Å²) in [5.74, 6) is 0.349. The molecule has 0 saturated heterocycles. The van der Waals surface area contributed by atoms with E-state index in [0.717, 1.165) is 0 Å². The smallest absolute Gasteiger partial charge is 0.264 e. The highest BCUT2D eigenvalue weighted by Crippen LogP contribution is 2.18. The lowest BCUT2D eigenvalue weighted by atomic mass is 10.1. The standard InChI is InChI=1S/C12H14FN3O2/c1-12(2,14)11-15-10(18-16-11)7-17-9-6-4-3-5-8(9)13/h3-6H,7,14H2,1-2H3. The molecule has 0 aliphatic rings. The number of aromatic nitrogens is 2. The van der Waals surface area contributed by atoms with E-state index in [-0.39, 0.29) is 18.2 Å². The summed E-state index contributed by atoms with van der Waals surface area (Å²) in [4.78, 5) is 4.08. The van der Waals surface area contributed by atoms with Crippen LogP contribution in [0.4, 0.5) is 4.39 Å². The topological polar surface area (TPSA) is 74.2 Å². The van der Waals surface area contributed by atoms with Crippen molar-refractivity contribution < 1.29 is 13.7 Å². The molecule has 2 rings (SSSR count). The molecule has 1 heterocycles. The van der Waals surface area contributed by atoms with Gasteiger partial charge >= 0.3 is 0 Å². The molecule has 0 aliphatic carbocycles. The Kier molecular flexibility index (Phi) is 3.29. The predicted octanol–water partition coefficient (Wildman–Crippen LogP) is 1.98. The maximum atomic E-state index is 13.3. The first-order valence-electron chi connectivity index (χ1n) is 5.46. The van der Waals surface area contributed by atoms with Crippen LogP contribution in [0, 0.1) is 5.82 Å². The largest absolute Gasteiger partial charge is 0.481 e. The highest BCUT2D eigenvalue weighted by Gasteiger charge is 2.21. The van der Waals surface area contributed by atoms with Crippen LogP contribution in [-0.2, 0) is 12.1 Å². The molecule has 0 bridgehead atoms. The third-order valence-corrected chi connectivity index (χ3v) is 2.23.